The predicted molar refractivity (Wildman–Crippen MR) is 98.4 cm³/mol. The van der Waals surface area contributed by atoms with Gasteiger partial charge < -0.3 is 10.2 Å². The Morgan fingerprint density at radius 1 is 1.12 bits per heavy atom. The maximum absolute atomic E-state index is 12.7. The summed E-state index contributed by atoms with van der Waals surface area (Å²) in [7, 11) is -1.87. The minimum atomic E-state index is -3.81. The van der Waals surface area contributed by atoms with Crippen molar-refractivity contribution in [2.75, 3.05) is 30.4 Å². The lowest BCUT2D eigenvalue weighted by Gasteiger charge is -2.29. The van der Waals surface area contributed by atoms with E-state index in [9.17, 15) is 13.2 Å². The number of amides is 2. The van der Waals surface area contributed by atoms with E-state index in [1.807, 2.05) is 49.2 Å². The van der Waals surface area contributed by atoms with Crippen LogP contribution in [0.1, 0.15) is 12.0 Å². The number of sulfonamides is 1. The molecule has 0 radical (unpaired) electrons. The quantitative estimate of drug-likeness (QED) is 0.891. The van der Waals surface area contributed by atoms with E-state index < -0.39 is 16.1 Å². The first-order chi connectivity index (χ1) is 11.9. The fourth-order valence-electron chi connectivity index (χ4n) is 2.86. The summed E-state index contributed by atoms with van der Waals surface area (Å²) in [6, 6.07) is 14.2. The maximum Gasteiger partial charge on any atom is 0.335 e. The van der Waals surface area contributed by atoms with Gasteiger partial charge in [-0.25, -0.2) is 17.5 Å². The van der Waals surface area contributed by atoms with Gasteiger partial charge >= 0.3 is 6.03 Å². The maximum atomic E-state index is 12.7. The highest BCUT2D eigenvalue weighted by molar-refractivity contribution is 7.90. The highest BCUT2D eigenvalue weighted by Gasteiger charge is 2.36. The molecule has 2 amide bonds. The molecule has 0 saturated heterocycles. The normalized spacial score (nSPS) is 15.4. The summed E-state index contributed by atoms with van der Waals surface area (Å²) in [6.45, 7) is 2.63. The lowest BCUT2D eigenvalue weighted by atomic mass is 10.2. The molecule has 0 aliphatic carbocycles. The Labute approximate surface area is 148 Å². The first-order valence-corrected chi connectivity index (χ1v) is 9.54. The zero-order chi connectivity index (χ0) is 18.0. The smallest absolute Gasteiger partial charge is 0.335 e. The zero-order valence-electron chi connectivity index (χ0n) is 14.3. The van der Waals surface area contributed by atoms with Gasteiger partial charge in [-0.3, -0.25) is 0 Å². The summed E-state index contributed by atoms with van der Waals surface area (Å²) in [5.41, 5.74) is 2.30. The highest BCUT2D eigenvalue weighted by Crippen LogP contribution is 2.30. The summed E-state index contributed by atoms with van der Waals surface area (Å²) in [5, 5.41) is 2.67. The van der Waals surface area contributed by atoms with Crippen LogP contribution >= 0.6 is 0 Å². The minimum Gasteiger partial charge on any atom is -0.375 e. The van der Waals surface area contributed by atoms with E-state index in [2.05, 4.69) is 5.32 Å². The molecule has 1 aliphatic rings. The minimum absolute atomic E-state index is 0.138. The standard InChI is InChI=1S/C18H21N3O3S/c1-14-9-10-17-16(13-14)19-18(22)21(25(17,23)24)12-6-11-20(2)15-7-4-3-5-8-15/h3-5,7-10,13H,6,11-12H2,1-2H3,(H,19,22). The largest absolute Gasteiger partial charge is 0.375 e. The van der Waals surface area contributed by atoms with E-state index >= 15 is 0 Å². The molecule has 1 heterocycles. The van der Waals surface area contributed by atoms with Gasteiger partial charge in [0.05, 0.1) is 5.69 Å². The number of nitrogens with zero attached hydrogens (tertiary/aromatic N) is 2. The number of carbonyl (C=O) groups excluding carboxylic acids is 1. The number of anilines is 2. The van der Waals surface area contributed by atoms with Crippen molar-refractivity contribution in [2.24, 2.45) is 0 Å². The van der Waals surface area contributed by atoms with Gasteiger partial charge in [-0.15, -0.1) is 0 Å². The van der Waals surface area contributed by atoms with Crippen molar-refractivity contribution >= 4 is 27.4 Å². The lowest BCUT2D eigenvalue weighted by molar-refractivity contribution is 0.234. The molecule has 3 rings (SSSR count). The molecular formula is C18H21N3O3S. The van der Waals surface area contributed by atoms with Gasteiger partial charge in [-0.05, 0) is 43.2 Å². The van der Waals surface area contributed by atoms with Crippen molar-refractivity contribution in [1.29, 1.82) is 0 Å². The molecule has 0 spiro atoms. The van der Waals surface area contributed by atoms with E-state index in [0.717, 1.165) is 15.6 Å². The predicted octanol–water partition coefficient (Wildman–Crippen LogP) is 3.06. The Morgan fingerprint density at radius 3 is 2.56 bits per heavy atom. The third-order valence-electron chi connectivity index (χ3n) is 4.22. The lowest BCUT2D eigenvalue weighted by Crippen LogP contribution is -2.45. The molecule has 25 heavy (non-hydrogen) atoms. The number of urea groups is 1. The van der Waals surface area contributed by atoms with Crippen LogP contribution in [-0.4, -0.2) is 38.9 Å². The Morgan fingerprint density at radius 2 is 1.84 bits per heavy atom. The average molecular weight is 359 g/mol. The van der Waals surface area contributed by atoms with Gasteiger partial charge in [0.2, 0.25) is 0 Å². The van der Waals surface area contributed by atoms with Gasteiger partial charge in [-0.1, -0.05) is 24.3 Å². The van der Waals surface area contributed by atoms with E-state index in [-0.39, 0.29) is 11.4 Å². The molecule has 0 saturated carbocycles. The SMILES string of the molecule is Cc1ccc2c(c1)NC(=O)N(CCCN(C)c1ccccc1)S2(=O)=O. The van der Waals surface area contributed by atoms with Crippen LogP contribution in [0.4, 0.5) is 16.2 Å². The second kappa shape index (κ2) is 6.76. The van der Waals surface area contributed by atoms with Crippen LogP contribution < -0.4 is 10.2 Å². The molecule has 132 valence electrons. The number of benzene rings is 2. The summed E-state index contributed by atoms with van der Waals surface area (Å²) in [4.78, 5) is 14.4. The van der Waals surface area contributed by atoms with Gasteiger partial charge in [0.15, 0.2) is 0 Å². The summed E-state index contributed by atoms with van der Waals surface area (Å²) in [6.07, 6.45) is 0.541. The zero-order valence-corrected chi connectivity index (χ0v) is 15.1. The fourth-order valence-corrected chi connectivity index (χ4v) is 4.36. The molecule has 0 aromatic heterocycles. The number of hydrogen-bond donors (Lipinski definition) is 1. The van der Waals surface area contributed by atoms with Crippen molar-refractivity contribution in [2.45, 2.75) is 18.2 Å². The molecule has 1 N–H and O–H groups in total. The van der Waals surface area contributed by atoms with Crippen LogP contribution in [0.2, 0.25) is 0 Å². The number of carbonyl (C=O) groups is 1. The third kappa shape index (κ3) is 3.46. The molecule has 7 heteroatoms. The molecule has 1 aliphatic heterocycles. The first-order valence-electron chi connectivity index (χ1n) is 8.10. The van der Waals surface area contributed by atoms with Crippen molar-refractivity contribution < 1.29 is 13.2 Å². The first kappa shape index (κ1) is 17.3. The number of rotatable bonds is 5. The van der Waals surface area contributed by atoms with E-state index in [4.69, 9.17) is 0 Å². The van der Waals surface area contributed by atoms with Crippen LogP contribution in [0.15, 0.2) is 53.4 Å². The Kier molecular flexibility index (Phi) is 4.67. The number of hydrogen-bond acceptors (Lipinski definition) is 4. The third-order valence-corrected chi connectivity index (χ3v) is 6.06. The molecule has 6 nitrogen and oxygen atoms in total. The van der Waals surface area contributed by atoms with Crippen LogP contribution in [-0.2, 0) is 10.0 Å². The second-order valence-electron chi connectivity index (χ2n) is 6.12. The average Bonchev–Trinajstić information content (AvgIpc) is 2.58. The van der Waals surface area contributed by atoms with Crippen molar-refractivity contribution in [3.05, 3.63) is 54.1 Å². The van der Waals surface area contributed by atoms with Gasteiger partial charge in [0, 0.05) is 25.8 Å². The van der Waals surface area contributed by atoms with Crippen molar-refractivity contribution in [3.8, 4) is 0 Å². The highest BCUT2D eigenvalue weighted by atomic mass is 32.2. The summed E-state index contributed by atoms with van der Waals surface area (Å²) < 4.78 is 26.4. The fraction of sp³-hybridized carbons (Fsp3) is 0.278. The van der Waals surface area contributed by atoms with Crippen LogP contribution in [0.5, 0.6) is 0 Å². The van der Waals surface area contributed by atoms with Gasteiger partial charge in [0.1, 0.15) is 4.90 Å². The van der Waals surface area contributed by atoms with Crippen molar-refractivity contribution in [3.63, 3.8) is 0 Å². The van der Waals surface area contributed by atoms with Crippen LogP contribution in [0, 0.1) is 6.92 Å². The molecule has 0 atom stereocenters. The monoisotopic (exact) mass is 359 g/mol. The summed E-state index contributed by atoms with van der Waals surface area (Å²) in [5.74, 6) is 0. The molecule has 0 bridgehead atoms. The van der Waals surface area contributed by atoms with Gasteiger partial charge in [0.25, 0.3) is 10.0 Å². The van der Waals surface area contributed by atoms with Crippen LogP contribution in [0.3, 0.4) is 0 Å². The molecular weight excluding hydrogens is 338 g/mol. The van der Waals surface area contributed by atoms with Crippen LogP contribution in [0.25, 0.3) is 0 Å². The Balaban J connectivity index is 1.70. The van der Waals surface area contributed by atoms with E-state index in [1.54, 1.807) is 18.2 Å². The number of aryl methyl sites for hydroxylation is 1. The Hall–Kier alpha value is -2.54. The number of fused-ring (bicyclic) bond motifs is 1. The number of para-hydroxylation sites is 1. The van der Waals surface area contributed by atoms with E-state index in [0.29, 0.717) is 18.7 Å². The number of nitrogens with one attached hydrogen (secondary N) is 1. The van der Waals surface area contributed by atoms with Gasteiger partial charge in [-0.2, -0.15) is 0 Å². The molecule has 2 aromatic carbocycles. The Bertz CT molecular complexity index is 882. The second-order valence-corrected chi connectivity index (χ2v) is 7.95. The topological polar surface area (TPSA) is 69.7 Å². The molecule has 0 unspecified atom stereocenters. The van der Waals surface area contributed by atoms with E-state index in [1.165, 1.54) is 0 Å². The van der Waals surface area contributed by atoms with Crippen molar-refractivity contribution in [1.82, 2.24) is 4.31 Å². The molecule has 2 aromatic rings. The summed E-state index contributed by atoms with van der Waals surface area (Å²) >= 11 is 0. The molecule has 0 fully saturated rings.